The summed E-state index contributed by atoms with van der Waals surface area (Å²) < 4.78 is 45.2. The molecule has 3 aromatic carbocycles. The van der Waals surface area contributed by atoms with Gasteiger partial charge in [0.15, 0.2) is 17.6 Å². The highest BCUT2D eigenvalue weighted by molar-refractivity contribution is 7.92. The molecule has 33 heavy (non-hydrogen) atoms. The summed E-state index contributed by atoms with van der Waals surface area (Å²) in [4.78, 5) is 14.5. The van der Waals surface area contributed by atoms with Crippen molar-refractivity contribution in [3.8, 4) is 17.2 Å². The number of hydrogen-bond acceptors (Lipinski definition) is 6. The van der Waals surface area contributed by atoms with Gasteiger partial charge in [0.2, 0.25) is 0 Å². The average molecular weight is 469 g/mol. The Morgan fingerprint density at radius 2 is 1.79 bits per heavy atom. The molecule has 4 rings (SSSR count). The molecule has 0 aliphatic carbocycles. The molecular formula is C24H24N2O6S. The van der Waals surface area contributed by atoms with E-state index < -0.39 is 10.0 Å². The second kappa shape index (κ2) is 9.41. The van der Waals surface area contributed by atoms with Crippen LogP contribution < -0.4 is 18.9 Å². The standard InChI is InChI=1S/C24H24N2O6S/c1-26(15-18-16-31-22-12-5-6-13-23(22)32-18)24(27)17-8-7-9-19(14-17)33(28,29)25-20-10-3-4-11-21(20)30-2/h3-14,18,25H,15-16H2,1-2H3. The van der Waals surface area contributed by atoms with E-state index in [4.69, 9.17) is 14.2 Å². The van der Waals surface area contributed by atoms with Gasteiger partial charge in [0.05, 0.1) is 24.2 Å². The largest absolute Gasteiger partial charge is 0.495 e. The van der Waals surface area contributed by atoms with Crippen LogP contribution in [0, 0.1) is 0 Å². The van der Waals surface area contributed by atoms with Gasteiger partial charge in [0, 0.05) is 12.6 Å². The number of carbonyl (C=O) groups excluding carboxylic acids is 1. The number of nitrogens with one attached hydrogen (secondary N) is 1. The lowest BCUT2D eigenvalue weighted by molar-refractivity contribution is 0.0521. The summed E-state index contributed by atoms with van der Waals surface area (Å²) in [6, 6.07) is 19.9. The van der Waals surface area contributed by atoms with Crippen molar-refractivity contribution in [3.05, 3.63) is 78.4 Å². The number of likely N-dealkylation sites (N-methyl/N-ethyl adjacent to an activating group) is 1. The number of benzene rings is 3. The normalized spacial score (nSPS) is 14.9. The smallest absolute Gasteiger partial charge is 0.262 e. The number of anilines is 1. The molecule has 9 heteroatoms. The van der Waals surface area contributed by atoms with Gasteiger partial charge in [0.1, 0.15) is 12.4 Å². The van der Waals surface area contributed by atoms with Crippen LogP contribution in [0.1, 0.15) is 10.4 Å². The van der Waals surface area contributed by atoms with Gasteiger partial charge in [-0.15, -0.1) is 0 Å². The summed E-state index contributed by atoms with van der Waals surface area (Å²) in [5.41, 5.74) is 0.557. The lowest BCUT2D eigenvalue weighted by Gasteiger charge is -2.29. The zero-order valence-corrected chi connectivity index (χ0v) is 19.0. The number of nitrogens with zero attached hydrogens (tertiary/aromatic N) is 1. The Morgan fingerprint density at radius 1 is 1.06 bits per heavy atom. The Morgan fingerprint density at radius 3 is 2.58 bits per heavy atom. The first-order chi connectivity index (χ1) is 15.9. The Hall–Kier alpha value is -3.72. The highest BCUT2D eigenvalue weighted by Gasteiger charge is 2.25. The van der Waals surface area contributed by atoms with Gasteiger partial charge < -0.3 is 19.1 Å². The van der Waals surface area contributed by atoms with Crippen molar-refractivity contribution in [3.63, 3.8) is 0 Å². The molecule has 0 saturated heterocycles. The maximum absolute atomic E-state index is 13.0. The van der Waals surface area contributed by atoms with E-state index in [0.717, 1.165) is 0 Å². The van der Waals surface area contributed by atoms with Crippen molar-refractivity contribution in [1.29, 1.82) is 0 Å². The van der Waals surface area contributed by atoms with E-state index in [1.54, 1.807) is 37.4 Å². The van der Waals surface area contributed by atoms with Crippen LogP contribution in [0.25, 0.3) is 0 Å². The van der Waals surface area contributed by atoms with E-state index >= 15 is 0 Å². The minimum atomic E-state index is -3.93. The third-order valence-electron chi connectivity index (χ3n) is 5.13. The SMILES string of the molecule is COc1ccccc1NS(=O)(=O)c1cccc(C(=O)N(C)CC2COc3ccccc3O2)c1. The molecule has 1 aliphatic heterocycles. The fourth-order valence-electron chi connectivity index (χ4n) is 3.49. The molecule has 0 saturated carbocycles. The summed E-state index contributed by atoms with van der Waals surface area (Å²) >= 11 is 0. The number of sulfonamides is 1. The third kappa shape index (κ3) is 5.04. The summed E-state index contributed by atoms with van der Waals surface area (Å²) in [7, 11) is -0.834. The molecule has 172 valence electrons. The second-order valence-corrected chi connectivity index (χ2v) is 9.20. The number of para-hydroxylation sites is 4. The van der Waals surface area contributed by atoms with Crippen molar-refractivity contribution in [2.45, 2.75) is 11.0 Å². The van der Waals surface area contributed by atoms with Crippen LogP contribution in [0.5, 0.6) is 17.2 Å². The average Bonchev–Trinajstić information content (AvgIpc) is 2.83. The number of fused-ring (bicyclic) bond motifs is 1. The van der Waals surface area contributed by atoms with E-state index in [1.165, 1.54) is 30.2 Å². The summed E-state index contributed by atoms with van der Waals surface area (Å²) in [5, 5.41) is 0. The predicted molar refractivity (Wildman–Crippen MR) is 124 cm³/mol. The summed E-state index contributed by atoms with van der Waals surface area (Å²) in [5.74, 6) is 1.37. The maximum atomic E-state index is 13.0. The van der Waals surface area contributed by atoms with Gasteiger partial charge in [-0.1, -0.05) is 30.3 Å². The van der Waals surface area contributed by atoms with Crippen LogP contribution in [0.3, 0.4) is 0 Å². The molecule has 1 unspecified atom stereocenters. The molecule has 1 amide bonds. The Kier molecular flexibility index (Phi) is 6.41. The van der Waals surface area contributed by atoms with Crippen molar-refractivity contribution in [1.82, 2.24) is 4.90 Å². The topological polar surface area (TPSA) is 94.2 Å². The van der Waals surface area contributed by atoms with Gasteiger partial charge in [0.25, 0.3) is 15.9 Å². The summed E-state index contributed by atoms with van der Waals surface area (Å²) in [6.45, 7) is 0.593. The minimum Gasteiger partial charge on any atom is -0.495 e. The quantitative estimate of drug-likeness (QED) is 0.571. The predicted octanol–water partition coefficient (Wildman–Crippen LogP) is 3.41. The molecule has 8 nitrogen and oxygen atoms in total. The van der Waals surface area contributed by atoms with Crippen LogP contribution in [-0.4, -0.2) is 52.6 Å². The van der Waals surface area contributed by atoms with E-state index in [1.807, 2.05) is 24.3 Å². The number of methoxy groups -OCH3 is 1. The first kappa shape index (κ1) is 22.5. The molecule has 0 aromatic heterocycles. The van der Waals surface area contributed by atoms with Gasteiger partial charge in [-0.05, 0) is 42.5 Å². The molecule has 1 N–H and O–H groups in total. The third-order valence-corrected chi connectivity index (χ3v) is 6.50. The first-order valence-electron chi connectivity index (χ1n) is 10.3. The Bertz CT molecular complexity index is 1260. The molecule has 0 spiro atoms. The lowest BCUT2D eigenvalue weighted by atomic mass is 10.2. The number of amides is 1. The highest BCUT2D eigenvalue weighted by atomic mass is 32.2. The number of ether oxygens (including phenoxy) is 3. The van der Waals surface area contributed by atoms with Crippen molar-refractivity contribution in [2.75, 3.05) is 32.0 Å². The zero-order chi connectivity index (χ0) is 23.4. The van der Waals surface area contributed by atoms with Crippen LogP contribution >= 0.6 is 0 Å². The molecular weight excluding hydrogens is 444 g/mol. The van der Waals surface area contributed by atoms with Gasteiger partial charge in [-0.2, -0.15) is 0 Å². The van der Waals surface area contributed by atoms with Crippen LogP contribution in [0.15, 0.2) is 77.7 Å². The number of hydrogen-bond donors (Lipinski definition) is 1. The number of rotatable bonds is 7. The van der Waals surface area contributed by atoms with Gasteiger partial charge in [-0.3, -0.25) is 9.52 Å². The van der Waals surface area contributed by atoms with E-state index in [-0.39, 0.29) is 29.0 Å². The first-order valence-corrected chi connectivity index (χ1v) is 11.8. The summed E-state index contributed by atoms with van der Waals surface area (Å²) in [6.07, 6.45) is -0.340. The van der Waals surface area contributed by atoms with Gasteiger partial charge in [-0.25, -0.2) is 8.42 Å². The Balaban J connectivity index is 1.47. The lowest BCUT2D eigenvalue weighted by Crippen LogP contribution is -2.41. The molecule has 3 aromatic rings. The fourth-order valence-corrected chi connectivity index (χ4v) is 4.61. The van der Waals surface area contributed by atoms with Crippen LogP contribution in [0.2, 0.25) is 0 Å². The van der Waals surface area contributed by atoms with Crippen molar-refractivity contribution >= 4 is 21.6 Å². The maximum Gasteiger partial charge on any atom is 0.262 e. The molecule has 1 aliphatic rings. The van der Waals surface area contributed by atoms with Crippen molar-refractivity contribution < 1.29 is 27.4 Å². The molecule has 0 bridgehead atoms. The van der Waals surface area contributed by atoms with Gasteiger partial charge >= 0.3 is 0 Å². The second-order valence-electron chi connectivity index (χ2n) is 7.52. The molecule has 1 heterocycles. The molecule has 0 fully saturated rings. The molecule has 1 atom stereocenters. The molecule has 0 radical (unpaired) electrons. The van der Waals surface area contributed by atoms with E-state index in [2.05, 4.69) is 4.72 Å². The fraction of sp³-hybridized carbons (Fsp3) is 0.208. The zero-order valence-electron chi connectivity index (χ0n) is 18.2. The van der Waals surface area contributed by atoms with Crippen LogP contribution in [-0.2, 0) is 10.0 Å². The highest BCUT2D eigenvalue weighted by Crippen LogP contribution is 2.31. The van der Waals surface area contributed by atoms with E-state index in [0.29, 0.717) is 29.5 Å². The monoisotopic (exact) mass is 468 g/mol. The van der Waals surface area contributed by atoms with E-state index in [9.17, 15) is 13.2 Å². The Labute approximate surface area is 192 Å². The number of carbonyl (C=O) groups is 1. The minimum absolute atomic E-state index is 0.0289. The van der Waals surface area contributed by atoms with Crippen LogP contribution in [0.4, 0.5) is 5.69 Å². The van der Waals surface area contributed by atoms with Crippen molar-refractivity contribution in [2.24, 2.45) is 0 Å².